The molecule has 1 aliphatic rings. The summed E-state index contributed by atoms with van der Waals surface area (Å²) in [7, 11) is 0. The van der Waals surface area contributed by atoms with Gasteiger partial charge in [0, 0.05) is 64.9 Å². The van der Waals surface area contributed by atoms with Gasteiger partial charge in [-0.2, -0.15) is 0 Å². The van der Waals surface area contributed by atoms with Gasteiger partial charge in [0.15, 0.2) is 0 Å². The molecule has 4 heterocycles. The standard InChI is InChI=1S/C75H78IN3S/c1-41-34-45(72(9,10)11)28-33-59(41)77(48-29-24-43(25-30-48)70(3,4)5)63-42(2)64(62-56-38-47(74(15,16)17)36-53-52-35-46(73(12,13)14)37-55-61(63)68(62)79(65(52)55)66(53)56)78(49-31-26-44(27-32-49)71(6,7)8)67-54-39-51-50-22-20-21-23-57(50)75(18,19)58(51)40-60(54)80-69(67)76/h20-40H,1-19H3. The first-order valence-electron chi connectivity index (χ1n) is 29.0. The molecule has 80 heavy (non-hydrogen) atoms. The normalized spacial score (nSPS) is 14.3. The van der Waals surface area contributed by atoms with Crippen LogP contribution in [-0.2, 0) is 32.5 Å². The van der Waals surface area contributed by atoms with Crippen LogP contribution >= 0.6 is 33.9 Å². The van der Waals surface area contributed by atoms with Crippen LogP contribution in [-0.4, -0.2) is 4.40 Å². The maximum atomic E-state index is 2.72. The average molecular weight is 1180 g/mol. The Morgan fingerprint density at radius 2 is 0.887 bits per heavy atom. The smallest absolute Gasteiger partial charge is 0.0906 e. The first-order valence-corrected chi connectivity index (χ1v) is 30.9. The van der Waals surface area contributed by atoms with Gasteiger partial charge in [0.2, 0.25) is 0 Å². The van der Waals surface area contributed by atoms with Crippen LogP contribution in [0.25, 0.3) is 70.1 Å². The van der Waals surface area contributed by atoms with E-state index >= 15 is 0 Å². The van der Waals surface area contributed by atoms with Crippen LogP contribution in [0.1, 0.15) is 168 Å². The van der Waals surface area contributed by atoms with Crippen LogP contribution in [0.3, 0.4) is 0 Å². The number of anilines is 6. The van der Waals surface area contributed by atoms with E-state index in [2.05, 4.69) is 296 Å². The molecule has 0 bridgehead atoms. The van der Waals surface area contributed by atoms with Crippen molar-refractivity contribution in [3.8, 4) is 11.1 Å². The van der Waals surface area contributed by atoms with E-state index in [1.807, 2.05) is 11.3 Å². The summed E-state index contributed by atoms with van der Waals surface area (Å²) in [6.45, 7) is 44.9. The molecule has 4 aromatic heterocycles. The molecule has 0 atom stereocenters. The molecule has 0 aliphatic heterocycles. The van der Waals surface area contributed by atoms with E-state index in [1.165, 1.54) is 146 Å². The first-order chi connectivity index (χ1) is 37.4. The van der Waals surface area contributed by atoms with Crippen molar-refractivity contribution in [1.29, 1.82) is 0 Å². The molecular formula is C75H78IN3S. The van der Waals surface area contributed by atoms with Crippen LogP contribution < -0.4 is 9.80 Å². The molecule has 3 nitrogen and oxygen atoms in total. The highest BCUT2D eigenvalue weighted by Gasteiger charge is 2.40. The molecule has 0 spiro atoms. The van der Waals surface area contributed by atoms with E-state index in [1.54, 1.807) is 0 Å². The Bertz CT molecular complexity index is 4470. The third-order valence-corrected chi connectivity index (χ3v) is 20.5. The molecule has 12 aromatic rings. The van der Waals surface area contributed by atoms with Gasteiger partial charge in [0.25, 0.3) is 0 Å². The summed E-state index contributed by atoms with van der Waals surface area (Å²) in [5.74, 6) is 0. The molecule has 13 rings (SSSR count). The van der Waals surface area contributed by atoms with Gasteiger partial charge < -0.3 is 14.2 Å². The molecule has 0 amide bonds. The predicted molar refractivity (Wildman–Crippen MR) is 359 cm³/mol. The lowest BCUT2D eigenvalue weighted by Gasteiger charge is -2.35. The summed E-state index contributed by atoms with van der Waals surface area (Å²) >= 11 is 4.64. The molecule has 5 heteroatoms. The monoisotopic (exact) mass is 1180 g/mol. The third-order valence-electron chi connectivity index (χ3n) is 18.4. The number of aromatic nitrogens is 1. The van der Waals surface area contributed by atoms with Gasteiger partial charge in [0.05, 0.1) is 36.5 Å². The number of thiophene rings is 1. The fourth-order valence-corrected chi connectivity index (χ4v) is 15.9. The van der Waals surface area contributed by atoms with Crippen LogP contribution in [0, 0.1) is 16.7 Å². The maximum absolute atomic E-state index is 2.72. The van der Waals surface area contributed by atoms with E-state index in [0.717, 1.165) is 11.4 Å². The third kappa shape index (κ3) is 7.74. The predicted octanol–water partition coefficient (Wildman–Crippen LogP) is 23.0. The summed E-state index contributed by atoms with van der Waals surface area (Å²) in [5.41, 5.74) is 25.5. The Morgan fingerprint density at radius 1 is 0.425 bits per heavy atom. The van der Waals surface area contributed by atoms with Crippen molar-refractivity contribution < 1.29 is 0 Å². The lowest BCUT2D eigenvalue weighted by atomic mass is 9.82. The van der Waals surface area contributed by atoms with Gasteiger partial charge in [0.1, 0.15) is 0 Å². The molecule has 0 radical (unpaired) electrons. The van der Waals surface area contributed by atoms with Crippen molar-refractivity contribution in [3.63, 3.8) is 0 Å². The van der Waals surface area contributed by atoms with Gasteiger partial charge in [-0.15, -0.1) is 11.3 Å². The number of fused-ring (bicyclic) bond motifs is 7. The Labute approximate surface area is 493 Å². The Morgan fingerprint density at radius 3 is 1.39 bits per heavy atom. The zero-order chi connectivity index (χ0) is 57.0. The fourth-order valence-electron chi connectivity index (χ4n) is 13.7. The molecule has 0 unspecified atom stereocenters. The van der Waals surface area contributed by atoms with Crippen molar-refractivity contribution in [3.05, 3.63) is 180 Å². The zero-order valence-electron chi connectivity index (χ0n) is 50.8. The minimum atomic E-state index is -0.114. The van der Waals surface area contributed by atoms with Crippen LogP contribution in [0.5, 0.6) is 0 Å². The summed E-state index contributed by atoms with van der Waals surface area (Å²) in [6, 6.07) is 50.9. The van der Waals surface area contributed by atoms with Crippen LogP contribution in [0.2, 0.25) is 0 Å². The second kappa shape index (κ2) is 17.2. The highest BCUT2D eigenvalue weighted by Crippen LogP contribution is 2.61. The number of rotatable bonds is 6. The van der Waals surface area contributed by atoms with Gasteiger partial charge in [-0.1, -0.05) is 178 Å². The molecule has 0 N–H and O–H groups in total. The van der Waals surface area contributed by atoms with E-state index < -0.39 is 0 Å². The fraction of sp³-hybridized carbons (Fsp3) is 0.333. The number of hydrogen-bond donors (Lipinski definition) is 0. The number of benzene rings is 8. The summed E-state index contributed by atoms with van der Waals surface area (Å²) < 4.78 is 5.31. The average Bonchev–Trinajstić information content (AvgIpc) is 4.14. The van der Waals surface area contributed by atoms with Gasteiger partial charge in [-0.25, -0.2) is 0 Å². The highest BCUT2D eigenvalue weighted by molar-refractivity contribution is 14.1. The lowest BCUT2D eigenvalue weighted by molar-refractivity contribution is 0.589. The topological polar surface area (TPSA) is 10.9 Å². The molecule has 0 saturated carbocycles. The maximum Gasteiger partial charge on any atom is 0.0906 e. The van der Waals surface area contributed by atoms with Crippen LogP contribution in [0.4, 0.5) is 34.1 Å². The largest absolute Gasteiger partial charge is 0.309 e. The molecule has 0 saturated heterocycles. The van der Waals surface area contributed by atoms with Gasteiger partial charge in [-0.3, -0.25) is 0 Å². The zero-order valence-corrected chi connectivity index (χ0v) is 53.7. The molecule has 406 valence electrons. The van der Waals surface area contributed by atoms with E-state index in [0.29, 0.717) is 0 Å². The minimum absolute atomic E-state index is 0.00853. The number of nitrogens with zero attached hydrogens (tertiary/aromatic N) is 3. The van der Waals surface area contributed by atoms with Crippen molar-refractivity contribution in [2.24, 2.45) is 0 Å². The van der Waals surface area contributed by atoms with E-state index in [4.69, 9.17) is 0 Å². The van der Waals surface area contributed by atoms with Gasteiger partial charge >= 0.3 is 0 Å². The Balaban J connectivity index is 1.26. The Hall–Kier alpha value is -6.15. The second-order valence-corrected chi connectivity index (χ2v) is 32.3. The quantitative estimate of drug-likeness (QED) is 0.154. The van der Waals surface area contributed by atoms with E-state index in [9.17, 15) is 0 Å². The number of aryl methyl sites for hydroxylation is 1. The molecule has 0 fully saturated rings. The van der Waals surface area contributed by atoms with Gasteiger partial charge in [-0.05, 0) is 191 Å². The lowest BCUT2D eigenvalue weighted by Crippen LogP contribution is -2.19. The molecule has 1 aliphatic carbocycles. The molecular weight excluding hydrogens is 1100 g/mol. The van der Waals surface area contributed by atoms with Crippen LogP contribution in [0.15, 0.2) is 127 Å². The number of hydrogen-bond acceptors (Lipinski definition) is 3. The SMILES string of the molecule is Cc1cc(C(C)(C)C)ccc1N(c1ccc(C(C)(C)C)cc1)c1c(C)c(N(c2ccc(C(C)(C)C)cc2)c2c(I)sc3cc4c(cc23)-c2ccccc2C4(C)C)c2c3cc(C(C)(C)C)cc4c5cc(C(C)(C)C)cc6c1c2n(c56)c43. The van der Waals surface area contributed by atoms with Crippen molar-refractivity contribution in [2.75, 3.05) is 9.80 Å². The summed E-state index contributed by atoms with van der Waals surface area (Å²) in [4.78, 5) is 5.38. The van der Waals surface area contributed by atoms with Crippen molar-refractivity contribution >= 4 is 127 Å². The van der Waals surface area contributed by atoms with E-state index in [-0.39, 0.29) is 32.5 Å². The highest BCUT2D eigenvalue weighted by atomic mass is 127. The Kier molecular flexibility index (Phi) is 11.4. The number of halogens is 1. The van der Waals surface area contributed by atoms with Crippen molar-refractivity contribution in [1.82, 2.24) is 4.40 Å². The minimum Gasteiger partial charge on any atom is -0.309 e. The molecule has 8 aromatic carbocycles. The summed E-state index contributed by atoms with van der Waals surface area (Å²) in [6.07, 6.45) is 0. The van der Waals surface area contributed by atoms with Crippen molar-refractivity contribution in [2.45, 2.75) is 164 Å². The second-order valence-electron chi connectivity index (χ2n) is 29.4. The first kappa shape index (κ1) is 53.2. The summed E-state index contributed by atoms with van der Waals surface area (Å²) in [5, 5.41) is 9.24.